The molecule has 1 saturated heterocycles. The molecule has 0 saturated carbocycles. The van der Waals surface area contributed by atoms with Gasteiger partial charge in [0.1, 0.15) is 11.9 Å². The molecular formula is C30H38N8O3. The van der Waals surface area contributed by atoms with Gasteiger partial charge < -0.3 is 30.9 Å². The summed E-state index contributed by atoms with van der Waals surface area (Å²) >= 11 is 0. The van der Waals surface area contributed by atoms with Crippen LogP contribution in [0.25, 0.3) is 0 Å². The smallest absolute Gasteiger partial charge is 0.247 e. The number of aliphatic hydroxyl groups excluding tert-OH is 1. The summed E-state index contributed by atoms with van der Waals surface area (Å²) in [5.74, 6) is 6.73. The van der Waals surface area contributed by atoms with Gasteiger partial charge in [-0.2, -0.15) is 10.2 Å². The molecular weight excluding hydrogens is 520 g/mol. The summed E-state index contributed by atoms with van der Waals surface area (Å²) < 4.78 is 0. The Kier molecular flexibility index (Phi) is 12.1. The Bertz CT molecular complexity index is 1310. The first kappa shape index (κ1) is 31.1. The van der Waals surface area contributed by atoms with Crippen LogP contribution >= 0.6 is 0 Å². The van der Waals surface area contributed by atoms with E-state index >= 15 is 0 Å². The first-order chi connectivity index (χ1) is 19.8. The standard InChI is InChI=1S/C30H38N8O3/c1-4-15-32-28-23(20-34-30(36-28)35-24-13-11-22(19-31)12-14-24)9-6-5-7-16-33-29(41)26-18-25(39)21-38(26)27(40)10-8-17-37(2)3/h8,10-14,20,25-26,39H,4-5,7,15-18,21H2,1-3H3,(H,33,41)(H2,32,34,35,36)/b10-8+/t25-,26-/m0/s1. The number of carbonyl (C=O) groups excluding carboxylic acids is 2. The third-order valence-corrected chi connectivity index (χ3v) is 6.20. The predicted octanol–water partition coefficient (Wildman–Crippen LogP) is 2.24. The number of carbonyl (C=O) groups is 2. The van der Waals surface area contributed by atoms with Crippen LogP contribution in [-0.4, -0.2) is 89.1 Å². The van der Waals surface area contributed by atoms with E-state index in [2.05, 4.69) is 50.8 Å². The van der Waals surface area contributed by atoms with E-state index in [9.17, 15) is 14.7 Å². The number of nitriles is 1. The summed E-state index contributed by atoms with van der Waals surface area (Å²) in [6.07, 6.45) is 6.46. The maximum atomic E-state index is 12.8. The van der Waals surface area contributed by atoms with Crippen LogP contribution in [0.3, 0.4) is 0 Å². The van der Waals surface area contributed by atoms with E-state index < -0.39 is 12.1 Å². The zero-order chi connectivity index (χ0) is 29.6. The fourth-order valence-corrected chi connectivity index (χ4v) is 4.10. The summed E-state index contributed by atoms with van der Waals surface area (Å²) in [5.41, 5.74) is 2.01. The van der Waals surface area contributed by atoms with Crippen molar-refractivity contribution in [3.63, 3.8) is 0 Å². The highest BCUT2D eigenvalue weighted by Gasteiger charge is 2.37. The lowest BCUT2D eigenvalue weighted by molar-refractivity contribution is -0.135. The highest BCUT2D eigenvalue weighted by molar-refractivity contribution is 5.93. The van der Waals surface area contributed by atoms with Gasteiger partial charge in [0, 0.05) is 50.8 Å². The van der Waals surface area contributed by atoms with Gasteiger partial charge in [-0.1, -0.05) is 24.8 Å². The zero-order valence-corrected chi connectivity index (χ0v) is 23.9. The van der Waals surface area contributed by atoms with Crippen molar-refractivity contribution in [1.29, 1.82) is 5.26 Å². The molecule has 1 aliphatic heterocycles. The second kappa shape index (κ2) is 16.0. The van der Waals surface area contributed by atoms with Gasteiger partial charge in [0.2, 0.25) is 17.8 Å². The quantitative estimate of drug-likeness (QED) is 0.175. The SMILES string of the molecule is CCCNc1nc(Nc2ccc(C#N)cc2)ncc1C#CCCCNC(=O)[C@@H]1C[C@H](O)CN1C(=O)/C=C/CN(C)C. The van der Waals surface area contributed by atoms with Crippen LogP contribution in [0, 0.1) is 23.2 Å². The number of β-amino-alcohol motifs (C(OH)–C–C–N with tert-alkyl or cyclic N) is 1. The number of likely N-dealkylation sites (N-methyl/N-ethyl adjacent to an activating group) is 1. The van der Waals surface area contributed by atoms with Crippen LogP contribution in [0.15, 0.2) is 42.6 Å². The normalized spacial score (nSPS) is 16.2. The Morgan fingerprint density at radius 3 is 2.73 bits per heavy atom. The molecule has 2 atom stereocenters. The molecule has 0 unspecified atom stereocenters. The van der Waals surface area contributed by atoms with Gasteiger partial charge in [-0.3, -0.25) is 9.59 Å². The fourth-order valence-electron chi connectivity index (χ4n) is 4.10. The summed E-state index contributed by atoms with van der Waals surface area (Å²) in [7, 11) is 3.80. The van der Waals surface area contributed by atoms with E-state index in [0.29, 0.717) is 48.8 Å². The maximum Gasteiger partial charge on any atom is 0.247 e. The number of anilines is 3. The zero-order valence-electron chi connectivity index (χ0n) is 23.9. The highest BCUT2D eigenvalue weighted by Crippen LogP contribution is 2.19. The van der Waals surface area contributed by atoms with Gasteiger partial charge in [-0.15, -0.1) is 0 Å². The average Bonchev–Trinajstić information content (AvgIpc) is 3.36. The van der Waals surface area contributed by atoms with Crippen molar-refractivity contribution in [3.05, 3.63) is 53.7 Å². The molecule has 216 valence electrons. The van der Waals surface area contributed by atoms with E-state index in [0.717, 1.165) is 18.7 Å². The van der Waals surface area contributed by atoms with E-state index in [4.69, 9.17) is 5.26 Å². The van der Waals surface area contributed by atoms with Crippen LogP contribution in [0.5, 0.6) is 0 Å². The summed E-state index contributed by atoms with van der Waals surface area (Å²) in [5, 5.41) is 28.3. The number of nitrogens with one attached hydrogen (secondary N) is 3. The largest absolute Gasteiger partial charge is 0.391 e. The molecule has 0 aliphatic carbocycles. The third-order valence-electron chi connectivity index (χ3n) is 6.20. The molecule has 0 radical (unpaired) electrons. The van der Waals surface area contributed by atoms with Gasteiger partial charge >= 0.3 is 0 Å². The number of unbranched alkanes of at least 4 members (excludes halogenated alkanes) is 1. The molecule has 41 heavy (non-hydrogen) atoms. The molecule has 2 heterocycles. The first-order valence-electron chi connectivity index (χ1n) is 13.7. The number of likely N-dealkylation sites (tertiary alicyclic amines) is 1. The minimum absolute atomic E-state index is 0.146. The molecule has 1 fully saturated rings. The topological polar surface area (TPSA) is 147 Å². The van der Waals surface area contributed by atoms with Crippen LogP contribution in [-0.2, 0) is 9.59 Å². The molecule has 0 bridgehead atoms. The van der Waals surface area contributed by atoms with Gasteiger partial charge in [0.15, 0.2) is 0 Å². The third kappa shape index (κ3) is 9.91. The molecule has 1 aliphatic rings. The van der Waals surface area contributed by atoms with Crippen LogP contribution in [0.1, 0.15) is 43.7 Å². The summed E-state index contributed by atoms with van der Waals surface area (Å²) in [6, 6.07) is 8.43. The number of benzene rings is 1. The average molecular weight is 559 g/mol. The van der Waals surface area contributed by atoms with Gasteiger partial charge in [-0.05, 0) is 51.2 Å². The number of nitrogens with zero attached hydrogens (tertiary/aromatic N) is 5. The van der Waals surface area contributed by atoms with Crippen molar-refractivity contribution in [2.24, 2.45) is 0 Å². The van der Waals surface area contributed by atoms with E-state index in [1.54, 1.807) is 36.5 Å². The van der Waals surface area contributed by atoms with E-state index in [1.807, 2.05) is 19.0 Å². The lowest BCUT2D eigenvalue weighted by atomic mass is 10.2. The lowest BCUT2D eigenvalue weighted by Gasteiger charge is -2.22. The number of aromatic nitrogens is 2. The molecule has 4 N–H and O–H groups in total. The first-order valence-corrected chi connectivity index (χ1v) is 13.7. The fraction of sp³-hybridized carbons (Fsp3) is 0.433. The Hall–Kier alpha value is -4.45. The van der Waals surface area contributed by atoms with Crippen molar-refractivity contribution in [2.45, 2.75) is 44.8 Å². The van der Waals surface area contributed by atoms with Crippen LogP contribution in [0.2, 0.25) is 0 Å². The molecule has 2 amide bonds. The van der Waals surface area contributed by atoms with Gasteiger partial charge in [0.25, 0.3) is 0 Å². The Morgan fingerprint density at radius 2 is 2.02 bits per heavy atom. The number of hydrogen-bond donors (Lipinski definition) is 4. The number of aliphatic hydroxyl groups is 1. The summed E-state index contributed by atoms with van der Waals surface area (Å²) in [4.78, 5) is 37.6. The minimum Gasteiger partial charge on any atom is -0.391 e. The van der Waals surface area contributed by atoms with Crippen LogP contribution in [0.4, 0.5) is 17.5 Å². The van der Waals surface area contributed by atoms with Crippen molar-refractivity contribution < 1.29 is 14.7 Å². The number of hydrogen-bond acceptors (Lipinski definition) is 9. The van der Waals surface area contributed by atoms with Crippen molar-refractivity contribution in [2.75, 3.05) is 50.9 Å². The lowest BCUT2D eigenvalue weighted by Crippen LogP contribution is -2.45. The minimum atomic E-state index is -0.716. The molecule has 0 spiro atoms. The van der Waals surface area contributed by atoms with Gasteiger partial charge in [0.05, 0.1) is 29.5 Å². The van der Waals surface area contributed by atoms with Crippen LogP contribution < -0.4 is 16.0 Å². The highest BCUT2D eigenvalue weighted by atomic mass is 16.3. The van der Waals surface area contributed by atoms with Crippen molar-refractivity contribution in [1.82, 2.24) is 25.1 Å². The van der Waals surface area contributed by atoms with Crippen molar-refractivity contribution in [3.8, 4) is 17.9 Å². The monoisotopic (exact) mass is 558 g/mol. The number of amides is 2. The Balaban J connectivity index is 1.52. The summed E-state index contributed by atoms with van der Waals surface area (Å²) in [6.45, 7) is 3.96. The second-order valence-electron chi connectivity index (χ2n) is 9.95. The second-order valence-corrected chi connectivity index (χ2v) is 9.95. The molecule has 2 aromatic rings. The van der Waals surface area contributed by atoms with Gasteiger partial charge in [-0.25, -0.2) is 4.98 Å². The predicted molar refractivity (Wildman–Crippen MR) is 158 cm³/mol. The molecule has 1 aromatic carbocycles. The maximum absolute atomic E-state index is 12.8. The Morgan fingerprint density at radius 1 is 1.24 bits per heavy atom. The molecule has 1 aromatic heterocycles. The Labute approximate surface area is 241 Å². The molecule has 3 rings (SSSR count). The molecule has 11 heteroatoms. The van der Waals surface area contributed by atoms with E-state index in [-0.39, 0.29) is 24.8 Å². The van der Waals surface area contributed by atoms with E-state index in [1.165, 1.54) is 11.0 Å². The van der Waals surface area contributed by atoms with Crippen molar-refractivity contribution >= 4 is 29.3 Å². The molecule has 11 nitrogen and oxygen atoms in total. The number of rotatable bonds is 12.